The molecule has 100 valence electrons. The van der Waals surface area contributed by atoms with Crippen LogP contribution in [0.3, 0.4) is 0 Å². The molecule has 18 heavy (non-hydrogen) atoms. The minimum absolute atomic E-state index is 0.148. The Morgan fingerprint density at radius 1 is 1.00 bits per heavy atom. The summed E-state index contributed by atoms with van der Waals surface area (Å²) in [5.74, 6) is 0. The summed E-state index contributed by atoms with van der Waals surface area (Å²) in [5.41, 5.74) is 3.04. The molecule has 2 nitrogen and oxygen atoms in total. The van der Waals surface area contributed by atoms with Gasteiger partial charge < -0.3 is 10.2 Å². The lowest BCUT2D eigenvalue weighted by Crippen LogP contribution is -2.68. The van der Waals surface area contributed by atoms with E-state index in [-0.39, 0.29) is 11.1 Å². The molecular weight excluding hydrogens is 220 g/mol. The fraction of sp³-hybridized carbons (Fsp3) is 0.625. The van der Waals surface area contributed by atoms with Crippen molar-refractivity contribution in [3.05, 3.63) is 29.8 Å². The third kappa shape index (κ3) is 2.39. The van der Waals surface area contributed by atoms with Gasteiger partial charge in [0.2, 0.25) is 0 Å². The molecule has 0 saturated carbocycles. The monoisotopic (exact) mass is 246 g/mol. The molecule has 1 fully saturated rings. The molecule has 1 N–H and O–H groups in total. The molecule has 0 amide bonds. The van der Waals surface area contributed by atoms with Crippen LogP contribution in [0.5, 0.6) is 0 Å². The normalized spacial score (nSPS) is 21.9. The van der Waals surface area contributed by atoms with Crippen LogP contribution in [0, 0.1) is 0 Å². The van der Waals surface area contributed by atoms with Crippen molar-refractivity contribution < 1.29 is 0 Å². The van der Waals surface area contributed by atoms with Crippen LogP contribution in [0.25, 0.3) is 0 Å². The van der Waals surface area contributed by atoms with Crippen LogP contribution >= 0.6 is 0 Å². The molecule has 0 unspecified atom stereocenters. The lowest BCUT2D eigenvalue weighted by Gasteiger charge is -2.54. The molecule has 1 aromatic rings. The van der Waals surface area contributed by atoms with E-state index in [2.05, 4.69) is 69.1 Å². The van der Waals surface area contributed by atoms with Gasteiger partial charge in [0.25, 0.3) is 0 Å². The highest BCUT2D eigenvalue weighted by molar-refractivity contribution is 5.53. The van der Waals surface area contributed by atoms with Crippen LogP contribution in [-0.2, 0) is 6.42 Å². The van der Waals surface area contributed by atoms with Gasteiger partial charge >= 0.3 is 0 Å². The molecule has 0 radical (unpaired) electrons. The van der Waals surface area contributed by atoms with E-state index in [0.29, 0.717) is 0 Å². The molecule has 1 heterocycles. The van der Waals surface area contributed by atoms with Crippen molar-refractivity contribution in [3.63, 3.8) is 0 Å². The predicted octanol–water partition coefficient (Wildman–Crippen LogP) is 3.22. The van der Waals surface area contributed by atoms with E-state index < -0.39 is 0 Å². The number of piperazine rings is 1. The van der Waals surface area contributed by atoms with E-state index in [1.807, 2.05) is 0 Å². The maximum Gasteiger partial charge on any atom is 0.0476 e. The zero-order valence-corrected chi connectivity index (χ0v) is 12.4. The molecule has 1 aliphatic rings. The summed E-state index contributed by atoms with van der Waals surface area (Å²) in [6.45, 7) is 13.5. The van der Waals surface area contributed by atoms with E-state index in [1.54, 1.807) is 0 Å². The number of rotatable bonds is 2. The second kappa shape index (κ2) is 4.58. The molecule has 1 aromatic carbocycles. The van der Waals surface area contributed by atoms with Crippen LogP contribution < -0.4 is 10.2 Å². The highest BCUT2D eigenvalue weighted by Crippen LogP contribution is 2.34. The smallest absolute Gasteiger partial charge is 0.0476 e. The van der Waals surface area contributed by atoms with Crippen LogP contribution in [0.4, 0.5) is 5.69 Å². The molecule has 2 rings (SSSR count). The van der Waals surface area contributed by atoms with Crippen LogP contribution in [0.2, 0.25) is 0 Å². The van der Waals surface area contributed by atoms with E-state index in [0.717, 1.165) is 19.5 Å². The summed E-state index contributed by atoms with van der Waals surface area (Å²) in [6, 6.07) is 9.05. The first kappa shape index (κ1) is 13.4. The first-order chi connectivity index (χ1) is 8.37. The van der Waals surface area contributed by atoms with Gasteiger partial charge in [-0.05, 0) is 51.8 Å². The molecule has 1 saturated heterocycles. The molecule has 2 heteroatoms. The van der Waals surface area contributed by atoms with E-state index in [1.165, 1.54) is 11.3 Å². The van der Waals surface area contributed by atoms with Crippen molar-refractivity contribution in [3.8, 4) is 0 Å². The third-order valence-corrected chi connectivity index (χ3v) is 3.93. The lowest BCUT2D eigenvalue weighted by atomic mass is 9.88. The second-order valence-corrected chi connectivity index (χ2v) is 6.58. The number of hydrogen-bond donors (Lipinski definition) is 1. The molecular formula is C16H26N2. The Labute approximate surface area is 111 Å². The van der Waals surface area contributed by atoms with Gasteiger partial charge in [0.05, 0.1) is 0 Å². The molecule has 0 bridgehead atoms. The Morgan fingerprint density at radius 2 is 1.50 bits per heavy atom. The largest absolute Gasteiger partial charge is 0.359 e. The van der Waals surface area contributed by atoms with Crippen molar-refractivity contribution in [1.82, 2.24) is 5.32 Å². The van der Waals surface area contributed by atoms with E-state index in [4.69, 9.17) is 0 Å². The first-order valence-corrected chi connectivity index (χ1v) is 6.97. The van der Waals surface area contributed by atoms with Gasteiger partial charge in [0.1, 0.15) is 0 Å². The second-order valence-electron chi connectivity index (χ2n) is 6.58. The van der Waals surface area contributed by atoms with Crippen molar-refractivity contribution in [2.75, 3.05) is 18.0 Å². The van der Waals surface area contributed by atoms with Gasteiger partial charge in [-0.25, -0.2) is 0 Å². The summed E-state index contributed by atoms with van der Waals surface area (Å²) in [6.07, 6.45) is 1.11. The SMILES string of the molecule is CCc1ccc(N2C(C)(C)CNCC2(C)C)cc1. The predicted molar refractivity (Wildman–Crippen MR) is 79.3 cm³/mol. The van der Waals surface area contributed by atoms with Crippen molar-refractivity contribution in [2.45, 2.75) is 52.1 Å². The lowest BCUT2D eigenvalue weighted by molar-refractivity contribution is 0.263. The van der Waals surface area contributed by atoms with Gasteiger partial charge in [0.15, 0.2) is 0 Å². The Kier molecular flexibility index (Phi) is 3.41. The van der Waals surface area contributed by atoms with Crippen molar-refractivity contribution >= 4 is 5.69 Å². The summed E-state index contributed by atoms with van der Waals surface area (Å²) < 4.78 is 0. The molecule has 0 aromatic heterocycles. The van der Waals surface area contributed by atoms with Crippen LogP contribution in [0.15, 0.2) is 24.3 Å². The van der Waals surface area contributed by atoms with Crippen molar-refractivity contribution in [2.24, 2.45) is 0 Å². The van der Waals surface area contributed by atoms with Crippen molar-refractivity contribution in [1.29, 1.82) is 0 Å². The average molecular weight is 246 g/mol. The van der Waals surface area contributed by atoms with Gasteiger partial charge in [0, 0.05) is 29.9 Å². The number of aryl methyl sites for hydroxylation is 1. The molecule has 0 aliphatic carbocycles. The molecule has 0 spiro atoms. The number of anilines is 1. The highest BCUT2D eigenvalue weighted by Gasteiger charge is 2.41. The van der Waals surface area contributed by atoms with E-state index >= 15 is 0 Å². The van der Waals surface area contributed by atoms with Gasteiger partial charge in [-0.15, -0.1) is 0 Å². The average Bonchev–Trinajstić information content (AvgIpc) is 2.27. The fourth-order valence-corrected chi connectivity index (χ4v) is 3.23. The Hall–Kier alpha value is -1.02. The summed E-state index contributed by atoms with van der Waals surface area (Å²) >= 11 is 0. The Balaban J connectivity index is 2.37. The highest BCUT2D eigenvalue weighted by atomic mass is 15.3. The van der Waals surface area contributed by atoms with Gasteiger partial charge in [-0.2, -0.15) is 0 Å². The first-order valence-electron chi connectivity index (χ1n) is 6.97. The maximum absolute atomic E-state index is 3.55. The molecule has 1 aliphatic heterocycles. The summed E-state index contributed by atoms with van der Waals surface area (Å²) in [4.78, 5) is 2.57. The van der Waals surface area contributed by atoms with Gasteiger partial charge in [-0.1, -0.05) is 19.1 Å². The Bertz CT molecular complexity index is 388. The topological polar surface area (TPSA) is 15.3 Å². The number of nitrogens with one attached hydrogen (secondary N) is 1. The summed E-state index contributed by atoms with van der Waals surface area (Å²) in [5, 5.41) is 3.55. The fourth-order valence-electron chi connectivity index (χ4n) is 3.23. The maximum atomic E-state index is 3.55. The standard InChI is InChI=1S/C16H26N2/c1-6-13-7-9-14(10-8-13)18-15(2,3)11-17-12-16(18,4)5/h7-10,17H,6,11-12H2,1-5H3. The number of benzene rings is 1. The summed E-state index contributed by atoms with van der Waals surface area (Å²) in [7, 11) is 0. The zero-order valence-electron chi connectivity index (χ0n) is 12.4. The Morgan fingerprint density at radius 3 is 1.94 bits per heavy atom. The quantitative estimate of drug-likeness (QED) is 0.862. The molecule has 0 atom stereocenters. The van der Waals surface area contributed by atoms with Gasteiger partial charge in [-0.3, -0.25) is 0 Å². The third-order valence-electron chi connectivity index (χ3n) is 3.93. The van der Waals surface area contributed by atoms with Crippen LogP contribution in [-0.4, -0.2) is 24.2 Å². The minimum Gasteiger partial charge on any atom is -0.359 e. The van der Waals surface area contributed by atoms with E-state index in [9.17, 15) is 0 Å². The number of hydrogen-bond acceptors (Lipinski definition) is 2. The van der Waals surface area contributed by atoms with Crippen LogP contribution in [0.1, 0.15) is 40.2 Å². The zero-order chi connectivity index (χ0) is 13.4. The minimum atomic E-state index is 0.148. The number of nitrogens with zero attached hydrogens (tertiary/aromatic N) is 1.